The Morgan fingerprint density at radius 2 is 1.59 bits per heavy atom. The number of phenolic OH excluding ortho intramolecular Hbond substituents is 1. The van der Waals surface area contributed by atoms with Crippen molar-refractivity contribution < 1.29 is 31.1 Å². The fourth-order valence-corrected chi connectivity index (χ4v) is 4.28. The van der Waals surface area contributed by atoms with Crippen LogP contribution in [0, 0.1) is 5.82 Å². The van der Waals surface area contributed by atoms with Crippen LogP contribution < -0.4 is 4.90 Å². The predicted molar refractivity (Wildman–Crippen MR) is 91.9 cm³/mol. The van der Waals surface area contributed by atoms with Crippen LogP contribution in [0.15, 0.2) is 47.4 Å². The van der Waals surface area contributed by atoms with Gasteiger partial charge in [-0.3, -0.25) is 0 Å². The van der Waals surface area contributed by atoms with Gasteiger partial charge in [0.2, 0.25) is 0 Å². The van der Waals surface area contributed by atoms with E-state index in [0.29, 0.717) is 32.0 Å². The molecule has 0 saturated carbocycles. The lowest BCUT2D eigenvalue weighted by molar-refractivity contribution is -0.0435. The zero-order valence-corrected chi connectivity index (χ0v) is 14.9. The number of anilines is 1. The van der Waals surface area contributed by atoms with Crippen LogP contribution in [-0.4, -0.2) is 32.1 Å². The summed E-state index contributed by atoms with van der Waals surface area (Å²) in [7, 11) is -5.66. The fraction of sp³-hybridized carbons (Fsp3) is 0.333. The highest BCUT2D eigenvalue weighted by Crippen LogP contribution is 2.38. The minimum atomic E-state index is -5.66. The lowest BCUT2D eigenvalue weighted by atomic mass is 9.89. The van der Waals surface area contributed by atoms with E-state index in [2.05, 4.69) is 0 Å². The van der Waals surface area contributed by atoms with Gasteiger partial charge in [-0.15, -0.1) is 0 Å². The number of alkyl halides is 3. The topological polar surface area (TPSA) is 57.6 Å². The van der Waals surface area contributed by atoms with E-state index >= 15 is 0 Å². The van der Waals surface area contributed by atoms with Crippen LogP contribution in [0.5, 0.6) is 5.75 Å². The number of piperidine rings is 1. The molecule has 1 N–H and O–H groups in total. The van der Waals surface area contributed by atoms with E-state index in [1.165, 1.54) is 4.90 Å². The Labute approximate surface area is 154 Å². The van der Waals surface area contributed by atoms with E-state index in [4.69, 9.17) is 0 Å². The van der Waals surface area contributed by atoms with Crippen molar-refractivity contribution in [2.45, 2.75) is 29.2 Å². The molecular formula is C18H17F4NO3S. The second kappa shape index (κ2) is 7.03. The number of sulfone groups is 1. The molecule has 0 unspecified atom stereocenters. The number of hydrogen-bond acceptors (Lipinski definition) is 4. The van der Waals surface area contributed by atoms with Crippen LogP contribution in [0.4, 0.5) is 23.2 Å². The molecule has 0 amide bonds. The number of halogens is 4. The number of nitrogens with zero attached hydrogens (tertiary/aromatic N) is 1. The Morgan fingerprint density at radius 1 is 1.00 bits per heavy atom. The van der Waals surface area contributed by atoms with Gasteiger partial charge in [0, 0.05) is 13.1 Å². The minimum absolute atomic E-state index is 0.141. The third kappa shape index (κ3) is 3.87. The van der Waals surface area contributed by atoms with E-state index < -0.39 is 26.1 Å². The van der Waals surface area contributed by atoms with Gasteiger partial charge in [0.05, 0.1) is 5.69 Å². The van der Waals surface area contributed by atoms with Crippen LogP contribution in [0.3, 0.4) is 0 Å². The molecule has 0 spiro atoms. The first-order valence-corrected chi connectivity index (χ1v) is 9.72. The largest absolute Gasteiger partial charge is 0.508 e. The van der Waals surface area contributed by atoms with E-state index in [9.17, 15) is 31.1 Å². The molecule has 0 aliphatic carbocycles. The maximum absolute atomic E-state index is 13.5. The molecule has 0 bridgehead atoms. The van der Waals surface area contributed by atoms with Gasteiger partial charge in [-0.1, -0.05) is 12.1 Å². The normalized spacial score (nSPS) is 16.5. The third-order valence-corrected chi connectivity index (χ3v) is 6.23. The molecule has 1 fully saturated rings. The predicted octanol–water partition coefficient (Wildman–Crippen LogP) is 4.21. The van der Waals surface area contributed by atoms with E-state index in [0.717, 1.165) is 17.7 Å². The van der Waals surface area contributed by atoms with Crippen molar-refractivity contribution in [1.82, 2.24) is 0 Å². The molecule has 1 saturated heterocycles. The quantitative estimate of drug-likeness (QED) is 0.780. The van der Waals surface area contributed by atoms with Gasteiger partial charge in [0.1, 0.15) is 16.5 Å². The fourth-order valence-electron chi connectivity index (χ4n) is 3.29. The molecule has 2 aromatic carbocycles. The summed E-state index contributed by atoms with van der Waals surface area (Å²) in [5.74, 6) is -0.755. The van der Waals surface area contributed by atoms with Crippen molar-refractivity contribution >= 4 is 15.5 Å². The number of benzene rings is 2. The highest BCUT2D eigenvalue weighted by molar-refractivity contribution is 7.92. The van der Waals surface area contributed by atoms with Gasteiger partial charge in [-0.25, -0.2) is 12.8 Å². The molecule has 0 atom stereocenters. The molecule has 0 aromatic heterocycles. The average Bonchev–Trinajstić information content (AvgIpc) is 2.61. The molecule has 27 heavy (non-hydrogen) atoms. The summed E-state index contributed by atoms with van der Waals surface area (Å²) in [6, 6.07) is 9.15. The van der Waals surface area contributed by atoms with Crippen LogP contribution >= 0.6 is 0 Å². The van der Waals surface area contributed by atoms with Gasteiger partial charge in [0.15, 0.2) is 0 Å². The lowest BCUT2D eigenvalue weighted by Gasteiger charge is -2.35. The van der Waals surface area contributed by atoms with Crippen LogP contribution in [0.25, 0.3) is 0 Å². The highest BCUT2D eigenvalue weighted by Gasteiger charge is 2.48. The number of phenols is 1. The van der Waals surface area contributed by atoms with Crippen LogP contribution in [-0.2, 0) is 9.84 Å². The molecule has 1 aliphatic rings. The summed E-state index contributed by atoms with van der Waals surface area (Å²) in [4.78, 5) is 0.479. The first-order valence-electron chi connectivity index (χ1n) is 8.24. The van der Waals surface area contributed by atoms with Gasteiger partial charge in [-0.2, -0.15) is 13.2 Å². The summed E-state index contributed by atoms with van der Waals surface area (Å²) in [6.45, 7) is 0.662. The molecular weight excluding hydrogens is 386 g/mol. The van der Waals surface area contributed by atoms with Gasteiger partial charge < -0.3 is 10.0 Å². The second-order valence-corrected chi connectivity index (χ2v) is 8.32. The first kappa shape index (κ1) is 19.5. The molecule has 0 radical (unpaired) electrons. The number of hydrogen-bond donors (Lipinski definition) is 1. The summed E-state index contributed by atoms with van der Waals surface area (Å²) < 4.78 is 76.1. The molecule has 146 valence electrons. The molecule has 4 nitrogen and oxygen atoms in total. The average molecular weight is 403 g/mol. The summed E-state index contributed by atoms with van der Waals surface area (Å²) in [5, 5.41) is 9.35. The monoisotopic (exact) mass is 403 g/mol. The summed E-state index contributed by atoms with van der Waals surface area (Å²) >= 11 is 0. The van der Waals surface area contributed by atoms with Crippen molar-refractivity contribution in [2.24, 2.45) is 0 Å². The minimum Gasteiger partial charge on any atom is -0.508 e. The third-order valence-electron chi connectivity index (χ3n) is 4.72. The SMILES string of the molecule is O=S(=O)(c1cc(F)ccc1N1CCC(c2ccc(O)cc2)CC1)C(F)(F)F. The number of rotatable bonds is 3. The van der Waals surface area contributed by atoms with E-state index in [-0.39, 0.29) is 17.4 Å². The van der Waals surface area contributed by atoms with E-state index in [1.807, 2.05) is 0 Å². The van der Waals surface area contributed by atoms with Crippen molar-refractivity contribution in [1.29, 1.82) is 0 Å². The highest BCUT2D eigenvalue weighted by atomic mass is 32.2. The van der Waals surface area contributed by atoms with E-state index in [1.54, 1.807) is 24.3 Å². The van der Waals surface area contributed by atoms with Gasteiger partial charge in [0.25, 0.3) is 9.84 Å². The molecule has 2 aromatic rings. The summed E-state index contributed by atoms with van der Waals surface area (Å²) in [5.41, 5.74) is -4.65. The van der Waals surface area contributed by atoms with Gasteiger partial charge >= 0.3 is 5.51 Å². The Hall–Kier alpha value is -2.29. The Kier molecular flexibility index (Phi) is 5.07. The molecule has 1 aliphatic heterocycles. The Bertz CT molecular complexity index is 919. The molecule has 9 heteroatoms. The Balaban J connectivity index is 1.85. The maximum atomic E-state index is 13.5. The zero-order chi connectivity index (χ0) is 19.8. The number of aromatic hydroxyl groups is 1. The van der Waals surface area contributed by atoms with Crippen LogP contribution in [0.1, 0.15) is 24.3 Å². The van der Waals surface area contributed by atoms with Crippen molar-refractivity contribution in [3.8, 4) is 5.75 Å². The van der Waals surface area contributed by atoms with Gasteiger partial charge in [-0.05, 0) is 54.7 Å². The standard InChI is InChI=1S/C18H17F4NO3S/c19-14-3-6-16(17(11-14)27(25,26)18(20,21)22)23-9-7-13(8-10-23)12-1-4-15(24)5-2-12/h1-6,11,13,24H,7-10H2. The zero-order valence-electron chi connectivity index (χ0n) is 14.1. The second-order valence-electron chi connectivity index (χ2n) is 6.41. The summed E-state index contributed by atoms with van der Waals surface area (Å²) in [6.07, 6.45) is 1.18. The van der Waals surface area contributed by atoms with Crippen molar-refractivity contribution in [3.63, 3.8) is 0 Å². The first-order chi connectivity index (χ1) is 12.6. The lowest BCUT2D eigenvalue weighted by Crippen LogP contribution is -2.35. The van der Waals surface area contributed by atoms with Crippen molar-refractivity contribution in [3.05, 3.63) is 53.8 Å². The van der Waals surface area contributed by atoms with Crippen LogP contribution in [0.2, 0.25) is 0 Å². The maximum Gasteiger partial charge on any atom is 0.501 e. The smallest absolute Gasteiger partial charge is 0.501 e. The molecule has 3 rings (SSSR count). The Morgan fingerprint density at radius 3 is 2.15 bits per heavy atom. The van der Waals surface area contributed by atoms with Crippen molar-refractivity contribution in [2.75, 3.05) is 18.0 Å². The molecule has 1 heterocycles.